The lowest BCUT2D eigenvalue weighted by Gasteiger charge is -2.30. The van der Waals surface area contributed by atoms with Gasteiger partial charge in [-0.3, -0.25) is 0 Å². The van der Waals surface area contributed by atoms with E-state index in [1.165, 1.54) is 25.3 Å². The van der Waals surface area contributed by atoms with Crippen molar-refractivity contribution in [2.24, 2.45) is 17.8 Å². The molecular formula is C18H22FO4-. The number of hydrogen-bond donors (Lipinski definition) is 0. The summed E-state index contributed by atoms with van der Waals surface area (Å²) in [5.74, 6) is -0.712. The van der Waals surface area contributed by atoms with Gasteiger partial charge in [0.1, 0.15) is 0 Å². The maximum Gasteiger partial charge on any atom is 0.202 e. The van der Waals surface area contributed by atoms with Crippen LogP contribution in [0.4, 0.5) is 4.39 Å². The zero-order chi connectivity index (χ0) is 16.6. The maximum absolute atomic E-state index is 13.9. The van der Waals surface area contributed by atoms with Crippen LogP contribution in [0.15, 0.2) is 18.2 Å². The molecule has 5 heteroatoms. The summed E-state index contributed by atoms with van der Waals surface area (Å²) >= 11 is 0. The van der Waals surface area contributed by atoms with Crippen LogP contribution in [-0.4, -0.2) is 18.4 Å². The van der Waals surface area contributed by atoms with E-state index in [9.17, 15) is 14.3 Å². The van der Waals surface area contributed by atoms with Gasteiger partial charge in [-0.2, -0.15) is 0 Å². The Morgan fingerprint density at radius 1 is 1.30 bits per heavy atom. The summed E-state index contributed by atoms with van der Waals surface area (Å²) in [6.45, 7) is 3.89. The highest BCUT2D eigenvalue weighted by molar-refractivity contribution is 5.86. The van der Waals surface area contributed by atoms with Crippen LogP contribution in [0.1, 0.15) is 49.9 Å². The first-order valence-corrected chi connectivity index (χ1v) is 8.27. The molecule has 3 rings (SSSR count). The lowest BCUT2D eigenvalue weighted by atomic mass is 9.97. The van der Waals surface area contributed by atoms with Crippen molar-refractivity contribution in [1.29, 1.82) is 0 Å². The van der Waals surface area contributed by atoms with Crippen LogP contribution in [0, 0.1) is 23.6 Å². The molecule has 0 heterocycles. The van der Waals surface area contributed by atoms with E-state index in [1.807, 2.05) is 13.8 Å². The van der Waals surface area contributed by atoms with Gasteiger partial charge in [0, 0.05) is 11.5 Å². The molecule has 2 fully saturated rings. The van der Waals surface area contributed by atoms with Gasteiger partial charge >= 0.3 is 0 Å². The van der Waals surface area contributed by atoms with Crippen LogP contribution in [0.3, 0.4) is 0 Å². The first-order chi connectivity index (χ1) is 10.9. The largest absolute Gasteiger partial charge is 0.545 e. The summed E-state index contributed by atoms with van der Waals surface area (Å²) in [6.07, 6.45) is 4.29. The molecule has 0 aromatic heterocycles. The molecule has 4 unspecified atom stereocenters. The second kappa shape index (κ2) is 6.48. The van der Waals surface area contributed by atoms with Gasteiger partial charge in [-0.15, -0.1) is 0 Å². The van der Waals surface area contributed by atoms with Crippen molar-refractivity contribution >= 4 is 5.97 Å². The average molecular weight is 321 g/mol. The van der Waals surface area contributed by atoms with E-state index in [2.05, 4.69) is 0 Å². The minimum Gasteiger partial charge on any atom is -0.545 e. The molecule has 23 heavy (non-hydrogen) atoms. The molecule has 0 spiro atoms. The zero-order valence-electron chi connectivity index (χ0n) is 13.5. The Kier molecular flexibility index (Phi) is 4.57. The Balaban J connectivity index is 1.72. The molecule has 4 nitrogen and oxygen atoms in total. The van der Waals surface area contributed by atoms with Gasteiger partial charge in [-0.25, -0.2) is 4.39 Å². The maximum atomic E-state index is 13.9. The number of carbonyl (C=O) groups excluding carboxylic acids is 1. The number of rotatable bonds is 6. The van der Waals surface area contributed by atoms with E-state index in [0.29, 0.717) is 5.92 Å². The predicted molar refractivity (Wildman–Crippen MR) is 80.3 cm³/mol. The topological polar surface area (TPSA) is 58.6 Å². The molecule has 2 bridgehead atoms. The molecule has 4 atom stereocenters. The lowest BCUT2D eigenvalue weighted by molar-refractivity contribution is -0.255. The van der Waals surface area contributed by atoms with E-state index >= 15 is 0 Å². The monoisotopic (exact) mass is 321 g/mol. The van der Waals surface area contributed by atoms with E-state index in [1.54, 1.807) is 0 Å². The molecular weight excluding hydrogens is 299 g/mol. The summed E-state index contributed by atoms with van der Waals surface area (Å²) in [7, 11) is 0. The number of benzene rings is 1. The van der Waals surface area contributed by atoms with Gasteiger partial charge in [0.05, 0.1) is 12.1 Å². The van der Waals surface area contributed by atoms with Crippen LogP contribution in [0.25, 0.3) is 0 Å². The van der Waals surface area contributed by atoms with Gasteiger partial charge in [-0.05, 0) is 55.7 Å². The highest BCUT2D eigenvalue weighted by Gasteiger charge is 2.41. The lowest BCUT2D eigenvalue weighted by Crippen LogP contribution is -2.34. The fourth-order valence-corrected chi connectivity index (χ4v) is 3.69. The van der Waals surface area contributed by atoms with Crippen molar-refractivity contribution in [2.45, 2.75) is 51.9 Å². The first kappa shape index (κ1) is 16.2. The fraction of sp³-hybridized carbons (Fsp3) is 0.611. The van der Waals surface area contributed by atoms with E-state index in [0.717, 1.165) is 24.5 Å². The fourth-order valence-electron chi connectivity index (χ4n) is 3.69. The summed E-state index contributed by atoms with van der Waals surface area (Å²) in [5.41, 5.74) is -0.108. The summed E-state index contributed by atoms with van der Waals surface area (Å²) < 4.78 is 25.7. The standard InChI is InChI=1S/C18H23FO4/c1-10(2)18(22-15-8-11-3-4-12(15)7-11)23-16-9-13(17(20)21)5-6-14(16)19/h5-6,9-12,15,18H,3-4,7-8H2,1-2H3,(H,20,21)/p-1. The molecule has 0 radical (unpaired) electrons. The average Bonchev–Trinajstić information content (AvgIpc) is 3.10. The van der Waals surface area contributed by atoms with Gasteiger partial charge < -0.3 is 19.4 Å². The van der Waals surface area contributed by atoms with Crippen molar-refractivity contribution in [2.75, 3.05) is 0 Å². The van der Waals surface area contributed by atoms with Gasteiger partial charge in [0.15, 0.2) is 11.6 Å². The minimum absolute atomic E-state index is 0.0279. The van der Waals surface area contributed by atoms with Crippen LogP contribution in [-0.2, 0) is 4.74 Å². The number of halogens is 1. The number of carboxylic acid groups (broad SMARTS) is 1. The van der Waals surface area contributed by atoms with Crippen LogP contribution < -0.4 is 9.84 Å². The summed E-state index contributed by atoms with van der Waals surface area (Å²) in [6, 6.07) is 3.40. The molecule has 1 aromatic rings. The van der Waals surface area contributed by atoms with Crippen LogP contribution in [0.2, 0.25) is 0 Å². The predicted octanol–water partition coefficient (Wildman–Crippen LogP) is 2.76. The van der Waals surface area contributed by atoms with Crippen molar-refractivity contribution in [3.63, 3.8) is 0 Å². The van der Waals surface area contributed by atoms with Crippen LogP contribution >= 0.6 is 0 Å². The van der Waals surface area contributed by atoms with E-state index < -0.39 is 18.1 Å². The Bertz CT molecular complexity index is 586. The number of fused-ring (bicyclic) bond motifs is 2. The Labute approximate surface area is 135 Å². The van der Waals surface area contributed by atoms with Crippen molar-refractivity contribution in [1.82, 2.24) is 0 Å². The smallest absolute Gasteiger partial charge is 0.202 e. The highest BCUT2D eigenvalue weighted by atomic mass is 19.1. The second-order valence-electron chi connectivity index (χ2n) is 7.01. The van der Waals surface area contributed by atoms with Gasteiger partial charge in [-0.1, -0.05) is 13.8 Å². The number of carboxylic acids is 1. The SMILES string of the molecule is CC(C)C(Oc1cc(C(=O)[O-])ccc1F)OC1CC2CCC1C2. The molecule has 0 amide bonds. The number of hydrogen-bond acceptors (Lipinski definition) is 4. The Morgan fingerprint density at radius 2 is 2.09 bits per heavy atom. The van der Waals surface area contributed by atoms with Crippen molar-refractivity contribution < 1.29 is 23.8 Å². The Hall–Kier alpha value is -1.62. The number of aromatic carboxylic acids is 1. The first-order valence-electron chi connectivity index (χ1n) is 8.27. The third-order valence-corrected chi connectivity index (χ3v) is 4.94. The molecule has 0 N–H and O–H groups in total. The van der Waals surface area contributed by atoms with Gasteiger partial charge in [0.2, 0.25) is 6.29 Å². The van der Waals surface area contributed by atoms with Crippen molar-refractivity contribution in [3.05, 3.63) is 29.6 Å². The number of carbonyl (C=O) groups is 1. The zero-order valence-corrected chi connectivity index (χ0v) is 13.5. The molecule has 2 aliphatic rings. The third-order valence-electron chi connectivity index (χ3n) is 4.94. The number of ether oxygens (including phenoxy) is 2. The van der Waals surface area contributed by atoms with E-state index in [4.69, 9.17) is 9.47 Å². The minimum atomic E-state index is -1.36. The van der Waals surface area contributed by atoms with Gasteiger partial charge in [0.25, 0.3) is 0 Å². The van der Waals surface area contributed by atoms with Crippen LogP contribution in [0.5, 0.6) is 5.75 Å². The molecule has 0 saturated heterocycles. The molecule has 126 valence electrons. The quantitative estimate of drug-likeness (QED) is 0.756. The summed E-state index contributed by atoms with van der Waals surface area (Å²) in [4.78, 5) is 10.9. The van der Waals surface area contributed by atoms with E-state index in [-0.39, 0.29) is 23.3 Å². The molecule has 2 saturated carbocycles. The molecule has 2 aliphatic carbocycles. The second-order valence-corrected chi connectivity index (χ2v) is 7.01. The Morgan fingerprint density at radius 3 is 2.65 bits per heavy atom. The highest BCUT2D eigenvalue weighted by Crippen LogP contribution is 2.46. The molecule has 1 aromatic carbocycles. The molecule has 0 aliphatic heterocycles. The third kappa shape index (κ3) is 3.50. The normalized spacial score (nSPS) is 27.4. The van der Waals surface area contributed by atoms with Crippen molar-refractivity contribution in [3.8, 4) is 5.75 Å². The summed E-state index contributed by atoms with van der Waals surface area (Å²) in [5, 5.41) is 10.9.